The number of phenols is 2. The van der Waals surface area contributed by atoms with Crippen molar-refractivity contribution >= 4 is 17.1 Å². The summed E-state index contributed by atoms with van der Waals surface area (Å²) in [7, 11) is 0. The van der Waals surface area contributed by atoms with Crippen LogP contribution in [0.3, 0.4) is 0 Å². The molecule has 0 aliphatic heterocycles. The van der Waals surface area contributed by atoms with E-state index in [9.17, 15) is 10.2 Å². The molecule has 0 saturated heterocycles. The summed E-state index contributed by atoms with van der Waals surface area (Å²) in [4.78, 5) is 17.3. The second-order valence-corrected chi connectivity index (χ2v) is 5.45. The Morgan fingerprint density at radius 1 is 0.680 bits per heavy atom. The van der Waals surface area contributed by atoms with Crippen LogP contribution in [0.15, 0.2) is 54.7 Å². The number of anilines is 1. The first-order chi connectivity index (χ1) is 12.1. The van der Waals surface area contributed by atoms with Crippen molar-refractivity contribution in [2.24, 2.45) is 0 Å². The van der Waals surface area contributed by atoms with Crippen LogP contribution >= 0.6 is 0 Å². The van der Waals surface area contributed by atoms with E-state index in [1.165, 1.54) is 6.20 Å². The molecule has 0 atom stereocenters. The molecule has 0 aliphatic carbocycles. The predicted molar refractivity (Wildman–Crippen MR) is 93.7 cm³/mol. The van der Waals surface area contributed by atoms with Gasteiger partial charge in [0.2, 0.25) is 5.95 Å². The lowest BCUT2D eigenvalue weighted by molar-refractivity contribution is 0.475. The summed E-state index contributed by atoms with van der Waals surface area (Å²) in [5.74, 6) is 0.450. The minimum Gasteiger partial charge on any atom is -0.508 e. The lowest BCUT2D eigenvalue weighted by atomic mass is 10.0. The highest BCUT2D eigenvalue weighted by molar-refractivity contribution is 5.84. The van der Waals surface area contributed by atoms with E-state index in [4.69, 9.17) is 5.73 Å². The summed E-state index contributed by atoms with van der Waals surface area (Å²) in [5.41, 5.74) is 9.31. The summed E-state index contributed by atoms with van der Waals surface area (Å²) < 4.78 is 0. The number of nitrogen functional groups attached to an aromatic ring is 1. The lowest BCUT2D eigenvalue weighted by Gasteiger charge is -2.10. The van der Waals surface area contributed by atoms with Gasteiger partial charge in [0.1, 0.15) is 17.0 Å². The number of aromatic nitrogens is 4. The fourth-order valence-corrected chi connectivity index (χ4v) is 2.51. The fourth-order valence-electron chi connectivity index (χ4n) is 2.51. The molecule has 122 valence electrons. The SMILES string of the molecule is Nc1ncc2nc(-c3ccc(O)cc3)c(-c3ccc(O)cc3)nc2n1. The van der Waals surface area contributed by atoms with E-state index in [0.717, 1.165) is 11.1 Å². The topological polar surface area (TPSA) is 118 Å². The van der Waals surface area contributed by atoms with Gasteiger partial charge in [-0.2, -0.15) is 4.98 Å². The van der Waals surface area contributed by atoms with Gasteiger partial charge in [-0.15, -0.1) is 0 Å². The van der Waals surface area contributed by atoms with Crippen LogP contribution in [0.25, 0.3) is 33.7 Å². The number of rotatable bonds is 2. The molecule has 2 heterocycles. The summed E-state index contributed by atoms with van der Waals surface area (Å²) in [6.07, 6.45) is 1.52. The maximum atomic E-state index is 9.53. The highest BCUT2D eigenvalue weighted by atomic mass is 16.3. The first-order valence-corrected chi connectivity index (χ1v) is 7.49. The Morgan fingerprint density at radius 2 is 1.20 bits per heavy atom. The van der Waals surface area contributed by atoms with E-state index in [2.05, 4.69) is 19.9 Å². The molecule has 0 aliphatic rings. The van der Waals surface area contributed by atoms with Gasteiger partial charge in [-0.05, 0) is 48.5 Å². The second-order valence-electron chi connectivity index (χ2n) is 5.45. The number of hydrogen-bond donors (Lipinski definition) is 3. The first kappa shape index (κ1) is 14.8. The molecule has 7 heteroatoms. The second kappa shape index (κ2) is 5.72. The summed E-state index contributed by atoms with van der Waals surface area (Å²) in [5, 5.41) is 19.1. The average molecular weight is 331 g/mol. The van der Waals surface area contributed by atoms with Crippen molar-refractivity contribution in [1.29, 1.82) is 0 Å². The maximum Gasteiger partial charge on any atom is 0.222 e. The Kier molecular flexibility index (Phi) is 3.39. The minimum absolute atomic E-state index is 0.121. The van der Waals surface area contributed by atoms with Gasteiger partial charge in [-0.1, -0.05) is 0 Å². The van der Waals surface area contributed by atoms with Crippen molar-refractivity contribution in [3.05, 3.63) is 54.7 Å². The van der Waals surface area contributed by atoms with Gasteiger partial charge >= 0.3 is 0 Å². The zero-order chi connectivity index (χ0) is 17.4. The van der Waals surface area contributed by atoms with Crippen molar-refractivity contribution in [1.82, 2.24) is 19.9 Å². The molecular weight excluding hydrogens is 318 g/mol. The molecule has 7 nitrogen and oxygen atoms in total. The maximum absolute atomic E-state index is 9.53. The van der Waals surface area contributed by atoms with Crippen LogP contribution in [-0.2, 0) is 0 Å². The molecule has 2 aromatic carbocycles. The van der Waals surface area contributed by atoms with Crippen molar-refractivity contribution < 1.29 is 10.2 Å². The van der Waals surface area contributed by atoms with E-state index < -0.39 is 0 Å². The zero-order valence-corrected chi connectivity index (χ0v) is 13.0. The van der Waals surface area contributed by atoms with E-state index in [1.807, 2.05) is 0 Å². The average Bonchev–Trinajstić information content (AvgIpc) is 2.62. The van der Waals surface area contributed by atoms with E-state index in [1.54, 1.807) is 48.5 Å². The summed E-state index contributed by atoms with van der Waals surface area (Å²) >= 11 is 0. The zero-order valence-electron chi connectivity index (χ0n) is 13.0. The number of benzene rings is 2. The molecule has 0 amide bonds. The Labute approximate surface area is 142 Å². The van der Waals surface area contributed by atoms with Crippen LogP contribution in [0, 0.1) is 0 Å². The third-order valence-electron chi connectivity index (χ3n) is 3.72. The number of fused-ring (bicyclic) bond motifs is 1. The van der Waals surface area contributed by atoms with Crippen LogP contribution in [-0.4, -0.2) is 30.1 Å². The lowest BCUT2D eigenvalue weighted by Crippen LogP contribution is -2.00. The molecule has 4 N–H and O–H groups in total. The highest BCUT2D eigenvalue weighted by Gasteiger charge is 2.14. The molecule has 4 rings (SSSR count). The Balaban J connectivity index is 2.01. The summed E-state index contributed by atoms with van der Waals surface area (Å²) in [6, 6.07) is 13.3. The molecule has 2 aromatic heterocycles. The normalized spacial score (nSPS) is 10.9. The molecule has 0 saturated carbocycles. The predicted octanol–water partition coefficient (Wildman–Crippen LogP) is 2.75. The molecule has 0 fully saturated rings. The van der Waals surface area contributed by atoms with Crippen LogP contribution in [0.4, 0.5) is 5.95 Å². The third-order valence-corrected chi connectivity index (χ3v) is 3.72. The van der Waals surface area contributed by atoms with Crippen LogP contribution in [0.1, 0.15) is 0 Å². The monoisotopic (exact) mass is 331 g/mol. The van der Waals surface area contributed by atoms with Crippen molar-refractivity contribution in [3.8, 4) is 34.0 Å². The Hall–Kier alpha value is -3.74. The van der Waals surface area contributed by atoms with Crippen molar-refractivity contribution in [2.75, 3.05) is 5.73 Å². The number of phenolic OH excluding ortho intramolecular Hbond substituents is 2. The van der Waals surface area contributed by atoms with Gasteiger partial charge in [0.05, 0.1) is 17.6 Å². The molecule has 0 radical (unpaired) electrons. The van der Waals surface area contributed by atoms with Crippen molar-refractivity contribution in [3.63, 3.8) is 0 Å². The van der Waals surface area contributed by atoms with Crippen LogP contribution in [0.5, 0.6) is 11.5 Å². The number of hydrogen-bond acceptors (Lipinski definition) is 7. The fraction of sp³-hybridized carbons (Fsp3) is 0. The molecule has 0 spiro atoms. The van der Waals surface area contributed by atoms with Crippen LogP contribution in [0.2, 0.25) is 0 Å². The summed E-state index contributed by atoms with van der Waals surface area (Å²) in [6.45, 7) is 0. The largest absolute Gasteiger partial charge is 0.508 e. The van der Waals surface area contributed by atoms with Gasteiger partial charge < -0.3 is 15.9 Å². The van der Waals surface area contributed by atoms with Crippen LogP contribution < -0.4 is 5.73 Å². The van der Waals surface area contributed by atoms with Gasteiger partial charge in [-0.25, -0.2) is 15.0 Å². The third kappa shape index (κ3) is 2.78. The number of aromatic hydroxyl groups is 2. The van der Waals surface area contributed by atoms with Crippen molar-refractivity contribution in [2.45, 2.75) is 0 Å². The first-order valence-electron chi connectivity index (χ1n) is 7.49. The van der Waals surface area contributed by atoms with E-state index >= 15 is 0 Å². The van der Waals surface area contributed by atoms with Gasteiger partial charge in [0.15, 0.2) is 5.65 Å². The van der Waals surface area contributed by atoms with Gasteiger partial charge in [0.25, 0.3) is 0 Å². The smallest absolute Gasteiger partial charge is 0.222 e. The molecule has 25 heavy (non-hydrogen) atoms. The van der Waals surface area contributed by atoms with E-state index in [-0.39, 0.29) is 17.4 Å². The molecule has 0 bridgehead atoms. The molecule has 4 aromatic rings. The molecular formula is C18H13N5O2. The standard InChI is InChI=1S/C18H13N5O2/c19-18-20-9-14-17(23-18)22-16(11-3-7-13(25)8-4-11)15(21-14)10-1-5-12(24)6-2-10/h1-9,24-25H,(H2,19,20,22,23). The number of nitrogens with two attached hydrogens (primary N) is 1. The Morgan fingerprint density at radius 3 is 1.76 bits per heavy atom. The quantitative estimate of drug-likeness (QED) is 0.517. The molecule has 0 unspecified atom stereocenters. The minimum atomic E-state index is 0.121. The number of nitrogens with zero attached hydrogens (tertiary/aromatic N) is 4. The van der Waals surface area contributed by atoms with Gasteiger partial charge in [0, 0.05) is 11.1 Å². The van der Waals surface area contributed by atoms with E-state index in [0.29, 0.717) is 22.6 Å². The Bertz CT molecular complexity index is 1060. The van der Waals surface area contributed by atoms with Gasteiger partial charge in [-0.3, -0.25) is 0 Å². The highest BCUT2D eigenvalue weighted by Crippen LogP contribution is 2.32.